The molecule has 132 valence electrons. The van der Waals surface area contributed by atoms with E-state index < -0.39 is 17.4 Å². The maximum atomic E-state index is 12.5. The molecule has 0 fully saturated rings. The Bertz CT molecular complexity index is 1040. The van der Waals surface area contributed by atoms with Crippen LogP contribution in [0, 0.1) is 11.3 Å². The van der Waals surface area contributed by atoms with Gasteiger partial charge in [0, 0.05) is 5.56 Å². The number of rotatable bonds is 5. The monoisotopic (exact) mass is 432 g/mol. The first kappa shape index (κ1) is 18.2. The zero-order chi connectivity index (χ0) is 18.7. The van der Waals surface area contributed by atoms with Gasteiger partial charge < -0.3 is 4.74 Å². The summed E-state index contributed by atoms with van der Waals surface area (Å²) in [6.45, 7) is 1.62. The van der Waals surface area contributed by atoms with Crippen LogP contribution in [0.1, 0.15) is 23.4 Å². The summed E-state index contributed by atoms with van der Waals surface area (Å²) in [4.78, 5) is 28.5. The number of aromatic nitrogens is 3. The Hall–Kier alpha value is -2.57. The van der Waals surface area contributed by atoms with E-state index in [0.29, 0.717) is 10.6 Å². The van der Waals surface area contributed by atoms with Crippen molar-refractivity contribution in [2.45, 2.75) is 19.4 Å². The highest BCUT2D eigenvalue weighted by Crippen LogP contribution is 2.33. The van der Waals surface area contributed by atoms with Gasteiger partial charge in [0.2, 0.25) is 0 Å². The highest BCUT2D eigenvalue weighted by atomic mass is 79.9. The van der Waals surface area contributed by atoms with E-state index in [1.165, 1.54) is 17.5 Å². The van der Waals surface area contributed by atoms with E-state index in [4.69, 9.17) is 4.74 Å². The fourth-order valence-corrected chi connectivity index (χ4v) is 3.96. The van der Waals surface area contributed by atoms with Crippen LogP contribution < -0.4 is 5.56 Å². The molecular weight excluding hydrogens is 420 g/mol. The molecule has 2 aromatic heterocycles. The normalized spacial score (nSPS) is 11.9. The van der Waals surface area contributed by atoms with Crippen molar-refractivity contribution >= 4 is 43.5 Å². The number of esters is 1. The molecule has 0 spiro atoms. The third kappa shape index (κ3) is 3.52. The predicted molar refractivity (Wildman–Crippen MR) is 99.9 cm³/mol. The van der Waals surface area contributed by atoms with Crippen molar-refractivity contribution in [2.75, 3.05) is 6.61 Å². The Balaban J connectivity index is 1.99. The minimum atomic E-state index is -0.737. The Morgan fingerprint density at radius 1 is 1.46 bits per heavy atom. The lowest BCUT2D eigenvalue weighted by atomic mass is 10.0. The second kappa shape index (κ2) is 7.76. The highest BCUT2D eigenvalue weighted by molar-refractivity contribution is 9.10. The average Bonchev–Trinajstić information content (AvgIpc) is 3.05. The van der Waals surface area contributed by atoms with Crippen molar-refractivity contribution in [3.05, 3.63) is 55.9 Å². The van der Waals surface area contributed by atoms with Gasteiger partial charge in [0.1, 0.15) is 17.5 Å². The Morgan fingerprint density at radius 3 is 2.92 bits per heavy atom. The number of hydrogen-bond acceptors (Lipinski definition) is 7. The third-order valence-electron chi connectivity index (χ3n) is 3.59. The average molecular weight is 433 g/mol. The third-order valence-corrected chi connectivity index (χ3v) is 5.49. The number of hydrogen-bond donors (Lipinski definition) is 0. The van der Waals surface area contributed by atoms with Gasteiger partial charge in [0.25, 0.3) is 5.56 Å². The van der Waals surface area contributed by atoms with Crippen LogP contribution in [0.5, 0.6) is 0 Å². The van der Waals surface area contributed by atoms with E-state index >= 15 is 0 Å². The lowest BCUT2D eigenvalue weighted by Gasteiger charge is -2.10. The summed E-state index contributed by atoms with van der Waals surface area (Å²) in [5.74, 6) is -1.29. The van der Waals surface area contributed by atoms with E-state index in [-0.39, 0.29) is 17.6 Å². The number of para-hydroxylation sites is 1. The van der Waals surface area contributed by atoms with Gasteiger partial charge >= 0.3 is 5.97 Å². The number of benzene rings is 1. The van der Waals surface area contributed by atoms with Gasteiger partial charge in [-0.25, -0.2) is 9.67 Å². The molecule has 1 aromatic carbocycles. The SMILES string of the molecule is CCOC(=O)Cn1ncc([C@@H](C#N)c2nc3ccccc3s2)c(Br)c1=O. The van der Waals surface area contributed by atoms with Crippen LogP contribution >= 0.6 is 27.3 Å². The molecule has 0 saturated carbocycles. The number of halogens is 1. The van der Waals surface area contributed by atoms with Gasteiger partial charge in [-0.05, 0) is 35.0 Å². The summed E-state index contributed by atoms with van der Waals surface area (Å²) < 4.78 is 6.97. The number of nitriles is 1. The van der Waals surface area contributed by atoms with Gasteiger partial charge in [-0.1, -0.05) is 12.1 Å². The number of ether oxygens (including phenoxy) is 1. The van der Waals surface area contributed by atoms with Gasteiger partial charge in [0.05, 0.1) is 33.6 Å². The molecule has 0 aliphatic carbocycles. The molecular formula is C17H13BrN4O3S. The predicted octanol–water partition coefficient (Wildman–Crippen LogP) is 2.83. The molecule has 26 heavy (non-hydrogen) atoms. The fraction of sp³-hybridized carbons (Fsp3) is 0.235. The molecule has 0 aliphatic heterocycles. The lowest BCUT2D eigenvalue weighted by molar-refractivity contribution is -0.144. The minimum Gasteiger partial charge on any atom is -0.465 e. The van der Waals surface area contributed by atoms with E-state index in [9.17, 15) is 14.9 Å². The number of thiazole rings is 1. The molecule has 3 aromatic rings. The zero-order valence-electron chi connectivity index (χ0n) is 13.7. The highest BCUT2D eigenvalue weighted by Gasteiger charge is 2.23. The second-order valence-electron chi connectivity index (χ2n) is 5.26. The summed E-state index contributed by atoms with van der Waals surface area (Å²) in [5, 5.41) is 14.2. The Labute approximate surface area is 161 Å². The van der Waals surface area contributed by atoms with Crippen LogP contribution in [-0.4, -0.2) is 27.3 Å². The molecule has 3 rings (SSSR count). The molecule has 0 saturated heterocycles. The van der Waals surface area contributed by atoms with Crippen molar-refractivity contribution in [1.29, 1.82) is 5.26 Å². The molecule has 0 amide bonds. The molecule has 0 aliphatic rings. The molecule has 9 heteroatoms. The smallest absolute Gasteiger partial charge is 0.327 e. The molecule has 2 heterocycles. The first-order valence-electron chi connectivity index (χ1n) is 7.71. The van der Waals surface area contributed by atoms with Crippen molar-refractivity contribution < 1.29 is 9.53 Å². The largest absolute Gasteiger partial charge is 0.465 e. The lowest BCUT2D eigenvalue weighted by Crippen LogP contribution is -2.29. The van der Waals surface area contributed by atoms with Crippen molar-refractivity contribution in [2.24, 2.45) is 0 Å². The van der Waals surface area contributed by atoms with Crippen molar-refractivity contribution in [3.8, 4) is 6.07 Å². The Kier molecular flexibility index (Phi) is 5.44. The van der Waals surface area contributed by atoms with Gasteiger partial charge in [0.15, 0.2) is 0 Å². The molecule has 0 bridgehead atoms. The maximum absolute atomic E-state index is 12.5. The van der Waals surface area contributed by atoms with Gasteiger partial charge in [-0.15, -0.1) is 11.3 Å². The van der Waals surface area contributed by atoms with E-state index in [1.807, 2.05) is 24.3 Å². The zero-order valence-corrected chi connectivity index (χ0v) is 16.1. The van der Waals surface area contributed by atoms with E-state index in [0.717, 1.165) is 14.9 Å². The van der Waals surface area contributed by atoms with Gasteiger partial charge in [-0.2, -0.15) is 10.4 Å². The van der Waals surface area contributed by atoms with Crippen molar-refractivity contribution in [1.82, 2.24) is 14.8 Å². The van der Waals surface area contributed by atoms with Crippen LogP contribution in [0.2, 0.25) is 0 Å². The second-order valence-corrected chi connectivity index (χ2v) is 7.12. The summed E-state index contributed by atoms with van der Waals surface area (Å²) in [6, 6.07) is 9.76. The first-order chi connectivity index (χ1) is 12.5. The first-order valence-corrected chi connectivity index (χ1v) is 9.32. The van der Waals surface area contributed by atoms with E-state index in [2.05, 4.69) is 32.1 Å². The van der Waals surface area contributed by atoms with Crippen molar-refractivity contribution in [3.63, 3.8) is 0 Å². The van der Waals surface area contributed by atoms with Crippen LogP contribution in [0.15, 0.2) is 39.7 Å². The topological polar surface area (TPSA) is 97.9 Å². The number of carbonyl (C=O) groups is 1. The van der Waals surface area contributed by atoms with Gasteiger partial charge in [-0.3, -0.25) is 9.59 Å². The fourth-order valence-electron chi connectivity index (χ4n) is 2.39. The molecule has 0 unspecified atom stereocenters. The Morgan fingerprint density at radius 2 is 2.23 bits per heavy atom. The minimum absolute atomic E-state index is 0.183. The quantitative estimate of drug-likeness (QED) is 0.574. The number of fused-ring (bicyclic) bond motifs is 1. The van der Waals surface area contributed by atoms with Crippen LogP contribution in [0.4, 0.5) is 0 Å². The summed E-state index contributed by atoms with van der Waals surface area (Å²) in [7, 11) is 0. The standard InChI is InChI=1S/C17H13BrN4O3S/c1-2-25-14(23)9-22-17(24)15(18)11(8-20-22)10(7-19)16-21-12-5-3-4-6-13(12)26-16/h3-6,8,10H,2,9H2,1H3/t10-/m1/s1. The summed E-state index contributed by atoms with van der Waals surface area (Å²) in [6.07, 6.45) is 1.41. The summed E-state index contributed by atoms with van der Waals surface area (Å²) in [5.41, 5.74) is 0.709. The molecule has 0 radical (unpaired) electrons. The number of carbonyl (C=O) groups excluding carboxylic acids is 1. The molecule has 7 nitrogen and oxygen atoms in total. The van der Waals surface area contributed by atoms with Crippen LogP contribution in [0.25, 0.3) is 10.2 Å². The van der Waals surface area contributed by atoms with Crippen LogP contribution in [0.3, 0.4) is 0 Å². The van der Waals surface area contributed by atoms with E-state index in [1.54, 1.807) is 6.92 Å². The number of nitrogens with zero attached hydrogens (tertiary/aromatic N) is 4. The summed E-state index contributed by atoms with van der Waals surface area (Å²) >= 11 is 4.64. The molecule has 1 atom stereocenters. The molecule has 0 N–H and O–H groups in total. The van der Waals surface area contributed by atoms with Crippen LogP contribution in [-0.2, 0) is 16.1 Å². The maximum Gasteiger partial charge on any atom is 0.327 e.